The molecule has 1 aromatic rings. The van der Waals surface area contributed by atoms with Gasteiger partial charge >= 0.3 is 6.09 Å². The largest absolute Gasteiger partial charge is 0.445 e. The molecule has 1 fully saturated rings. The molecule has 2 rings (SSSR count). The van der Waals surface area contributed by atoms with Gasteiger partial charge in [-0.3, -0.25) is 0 Å². The lowest BCUT2D eigenvalue weighted by molar-refractivity contribution is 0.0331. The Morgan fingerprint density at radius 1 is 1.45 bits per heavy atom. The number of ether oxygens (including phenoxy) is 2. The highest BCUT2D eigenvalue weighted by molar-refractivity contribution is 5.67. The van der Waals surface area contributed by atoms with Crippen molar-refractivity contribution in [2.45, 2.75) is 13.5 Å². The first-order valence-electron chi connectivity index (χ1n) is 6.77. The third-order valence-electron chi connectivity index (χ3n) is 3.37. The summed E-state index contributed by atoms with van der Waals surface area (Å²) in [5.41, 5.74) is 0.527. The zero-order valence-corrected chi connectivity index (χ0v) is 11.7. The fourth-order valence-corrected chi connectivity index (χ4v) is 2.14. The first-order chi connectivity index (χ1) is 9.63. The van der Waals surface area contributed by atoms with Crippen LogP contribution in [0.1, 0.15) is 12.5 Å². The average molecular weight is 279 g/mol. The van der Waals surface area contributed by atoms with E-state index in [0.717, 1.165) is 5.56 Å². The van der Waals surface area contributed by atoms with Gasteiger partial charge in [-0.1, -0.05) is 37.3 Å². The molecule has 1 aliphatic rings. The van der Waals surface area contributed by atoms with E-state index < -0.39 is 5.41 Å². The lowest BCUT2D eigenvalue weighted by Gasteiger charge is -2.29. The van der Waals surface area contributed by atoms with Crippen LogP contribution in [0.15, 0.2) is 30.3 Å². The molecule has 1 aromatic carbocycles. The van der Waals surface area contributed by atoms with Crippen molar-refractivity contribution in [3.05, 3.63) is 35.9 Å². The number of carbonyl (C=O) groups excluding carboxylic acids is 1. The summed E-state index contributed by atoms with van der Waals surface area (Å²) >= 11 is 0. The second-order valence-corrected chi connectivity index (χ2v) is 5.48. The van der Waals surface area contributed by atoms with Gasteiger partial charge in [0.25, 0.3) is 0 Å². The first kappa shape index (κ1) is 14.8. The molecule has 1 aliphatic heterocycles. The molecule has 5 heteroatoms. The van der Waals surface area contributed by atoms with Gasteiger partial charge < -0.3 is 19.5 Å². The summed E-state index contributed by atoms with van der Waals surface area (Å²) in [6.07, 6.45) is -0.362. The average Bonchev–Trinajstić information content (AvgIpc) is 2.68. The van der Waals surface area contributed by atoms with E-state index in [2.05, 4.69) is 0 Å². The van der Waals surface area contributed by atoms with Crippen LogP contribution in [0.4, 0.5) is 4.79 Å². The monoisotopic (exact) mass is 279 g/mol. The molecule has 0 aromatic heterocycles. The van der Waals surface area contributed by atoms with E-state index in [9.17, 15) is 9.90 Å². The minimum absolute atomic E-state index is 0.0184. The fourth-order valence-electron chi connectivity index (χ4n) is 2.14. The molecule has 1 amide bonds. The lowest BCUT2D eigenvalue weighted by atomic mass is 9.93. The van der Waals surface area contributed by atoms with E-state index in [1.165, 1.54) is 0 Å². The predicted molar refractivity (Wildman–Crippen MR) is 74.2 cm³/mol. The van der Waals surface area contributed by atoms with Crippen molar-refractivity contribution in [1.82, 2.24) is 4.90 Å². The number of aliphatic hydroxyl groups excluding tert-OH is 1. The predicted octanol–water partition coefficient (Wildman–Crippen LogP) is 1.65. The molecule has 1 heterocycles. The molecule has 20 heavy (non-hydrogen) atoms. The zero-order valence-electron chi connectivity index (χ0n) is 11.7. The minimum atomic E-state index is -0.428. The highest BCUT2D eigenvalue weighted by Gasteiger charge is 2.32. The van der Waals surface area contributed by atoms with E-state index in [0.29, 0.717) is 26.3 Å². The van der Waals surface area contributed by atoms with Crippen molar-refractivity contribution in [3.63, 3.8) is 0 Å². The van der Waals surface area contributed by atoms with Crippen LogP contribution in [0.5, 0.6) is 0 Å². The van der Waals surface area contributed by atoms with Gasteiger partial charge in [-0.15, -0.1) is 0 Å². The van der Waals surface area contributed by atoms with Gasteiger partial charge in [0.1, 0.15) is 6.61 Å². The van der Waals surface area contributed by atoms with Crippen molar-refractivity contribution in [2.75, 3.05) is 32.9 Å². The maximum absolute atomic E-state index is 12.1. The molecule has 0 radical (unpaired) electrons. The van der Waals surface area contributed by atoms with Gasteiger partial charge in [-0.05, 0) is 5.56 Å². The molecule has 1 N–H and O–H groups in total. The molecule has 0 saturated carbocycles. The number of aliphatic hydroxyl groups is 1. The van der Waals surface area contributed by atoms with Crippen molar-refractivity contribution < 1.29 is 19.4 Å². The molecule has 1 atom stereocenters. The maximum atomic E-state index is 12.1. The van der Waals surface area contributed by atoms with Crippen LogP contribution in [0.2, 0.25) is 0 Å². The fraction of sp³-hybridized carbons (Fsp3) is 0.533. The van der Waals surface area contributed by atoms with Crippen molar-refractivity contribution in [1.29, 1.82) is 0 Å². The quantitative estimate of drug-likeness (QED) is 0.914. The topological polar surface area (TPSA) is 59.0 Å². The zero-order chi connectivity index (χ0) is 14.4. The molecular formula is C15H21NO4. The SMILES string of the molecule is C[C@@]1(CO)COCCN(C(=O)OCc2ccccc2)C1. The third-order valence-corrected chi connectivity index (χ3v) is 3.37. The number of nitrogens with zero attached hydrogens (tertiary/aromatic N) is 1. The number of amides is 1. The molecule has 0 spiro atoms. The molecular weight excluding hydrogens is 258 g/mol. The summed E-state index contributed by atoms with van der Waals surface area (Å²) in [6, 6.07) is 9.56. The maximum Gasteiger partial charge on any atom is 0.410 e. The van der Waals surface area contributed by atoms with E-state index in [-0.39, 0.29) is 19.3 Å². The van der Waals surface area contributed by atoms with E-state index in [4.69, 9.17) is 9.47 Å². The summed E-state index contributed by atoms with van der Waals surface area (Å²) in [4.78, 5) is 13.7. The molecule has 0 bridgehead atoms. The molecule has 1 saturated heterocycles. The smallest absolute Gasteiger partial charge is 0.410 e. The van der Waals surface area contributed by atoms with E-state index in [1.807, 2.05) is 37.3 Å². The number of hydrogen-bond acceptors (Lipinski definition) is 4. The van der Waals surface area contributed by atoms with Gasteiger partial charge in [0.2, 0.25) is 0 Å². The van der Waals surface area contributed by atoms with Crippen LogP contribution in [0.25, 0.3) is 0 Å². The summed E-state index contributed by atoms with van der Waals surface area (Å²) in [7, 11) is 0. The number of hydrogen-bond donors (Lipinski definition) is 1. The highest BCUT2D eigenvalue weighted by Crippen LogP contribution is 2.21. The number of benzene rings is 1. The second-order valence-electron chi connectivity index (χ2n) is 5.48. The Bertz CT molecular complexity index is 437. The molecule has 5 nitrogen and oxygen atoms in total. The second kappa shape index (κ2) is 6.72. The first-order valence-corrected chi connectivity index (χ1v) is 6.77. The normalized spacial score (nSPS) is 23.2. The Kier molecular flexibility index (Phi) is 4.98. The van der Waals surface area contributed by atoms with Crippen LogP contribution < -0.4 is 0 Å². The van der Waals surface area contributed by atoms with Crippen LogP contribution in [-0.4, -0.2) is 49.0 Å². The van der Waals surface area contributed by atoms with Crippen LogP contribution >= 0.6 is 0 Å². The third kappa shape index (κ3) is 3.95. The van der Waals surface area contributed by atoms with Crippen molar-refractivity contribution >= 4 is 6.09 Å². The Morgan fingerprint density at radius 3 is 2.90 bits per heavy atom. The van der Waals surface area contributed by atoms with Crippen molar-refractivity contribution in [2.24, 2.45) is 5.41 Å². The van der Waals surface area contributed by atoms with Gasteiger partial charge in [0, 0.05) is 18.5 Å². The van der Waals surface area contributed by atoms with E-state index >= 15 is 0 Å². The van der Waals surface area contributed by atoms with Crippen molar-refractivity contribution in [3.8, 4) is 0 Å². The summed E-state index contributed by atoms with van der Waals surface area (Å²) in [6.45, 7) is 3.99. The standard InChI is InChI=1S/C15H21NO4/c1-15(11-17)10-16(7-8-19-12-15)14(18)20-9-13-5-3-2-4-6-13/h2-6,17H,7-12H2,1H3/t15-/m1/s1. The van der Waals surface area contributed by atoms with Gasteiger partial charge in [-0.2, -0.15) is 0 Å². The van der Waals surface area contributed by atoms with Crippen LogP contribution in [0.3, 0.4) is 0 Å². The lowest BCUT2D eigenvalue weighted by Crippen LogP contribution is -2.42. The Labute approximate surface area is 119 Å². The Balaban J connectivity index is 1.91. The summed E-state index contributed by atoms with van der Waals surface area (Å²) < 4.78 is 10.7. The van der Waals surface area contributed by atoms with Gasteiger partial charge in [0.15, 0.2) is 0 Å². The Morgan fingerprint density at radius 2 is 2.20 bits per heavy atom. The Hall–Kier alpha value is -1.59. The number of rotatable bonds is 3. The number of carbonyl (C=O) groups is 1. The molecule has 110 valence electrons. The summed E-state index contributed by atoms with van der Waals surface area (Å²) in [5.74, 6) is 0. The molecule has 0 unspecified atom stereocenters. The van der Waals surface area contributed by atoms with Gasteiger partial charge in [-0.25, -0.2) is 4.79 Å². The molecule has 0 aliphatic carbocycles. The van der Waals surface area contributed by atoms with Crippen LogP contribution in [0, 0.1) is 5.41 Å². The summed E-state index contributed by atoms with van der Waals surface area (Å²) in [5, 5.41) is 9.42. The van der Waals surface area contributed by atoms with Crippen LogP contribution in [-0.2, 0) is 16.1 Å². The highest BCUT2D eigenvalue weighted by atomic mass is 16.6. The van der Waals surface area contributed by atoms with Gasteiger partial charge in [0.05, 0.1) is 19.8 Å². The minimum Gasteiger partial charge on any atom is -0.445 e. The van der Waals surface area contributed by atoms with E-state index in [1.54, 1.807) is 4.90 Å².